The number of pyridine rings is 1. The summed E-state index contributed by atoms with van der Waals surface area (Å²) < 4.78 is 11.8. The van der Waals surface area contributed by atoms with Gasteiger partial charge >= 0.3 is 6.09 Å². The summed E-state index contributed by atoms with van der Waals surface area (Å²) in [4.78, 5) is 19.9. The molecule has 0 spiro atoms. The van der Waals surface area contributed by atoms with E-state index in [4.69, 9.17) is 9.47 Å². The third-order valence-electron chi connectivity index (χ3n) is 8.42. The fourth-order valence-corrected chi connectivity index (χ4v) is 6.85. The number of piperidine rings is 1. The van der Waals surface area contributed by atoms with Crippen molar-refractivity contribution in [1.82, 2.24) is 9.88 Å². The number of nitrogens with zero attached hydrogens (tertiary/aromatic N) is 2. The lowest BCUT2D eigenvalue weighted by Crippen LogP contribution is -2.64. The molecule has 2 unspecified atom stereocenters. The fourth-order valence-electron chi connectivity index (χ4n) is 6.85. The quantitative estimate of drug-likeness (QED) is 0.406. The molecule has 2 aliphatic heterocycles. The highest BCUT2D eigenvalue weighted by Crippen LogP contribution is 2.45. The minimum absolute atomic E-state index is 0.0167. The van der Waals surface area contributed by atoms with Gasteiger partial charge in [-0.15, -0.1) is 0 Å². The van der Waals surface area contributed by atoms with Gasteiger partial charge in [0.15, 0.2) is 0 Å². The van der Waals surface area contributed by atoms with E-state index in [2.05, 4.69) is 29.2 Å². The van der Waals surface area contributed by atoms with Gasteiger partial charge in [0.2, 0.25) is 0 Å². The van der Waals surface area contributed by atoms with Crippen LogP contribution in [0.15, 0.2) is 85.1 Å². The number of ether oxygens (including phenoxy) is 2. The van der Waals surface area contributed by atoms with Crippen LogP contribution in [0.25, 0.3) is 22.0 Å². The highest BCUT2D eigenvalue weighted by atomic mass is 16.6. The van der Waals surface area contributed by atoms with E-state index in [0.29, 0.717) is 32.5 Å². The molecular weight excluding hydrogens is 476 g/mol. The van der Waals surface area contributed by atoms with Gasteiger partial charge in [-0.3, -0.25) is 9.88 Å². The molecule has 6 nitrogen and oxygen atoms in total. The van der Waals surface area contributed by atoms with Crippen molar-refractivity contribution >= 4 is 17.0 Å². The minimum Gasteiger partial charge on any atom is -0.448 e. The zero-order valence-corrected chi connectivity index (χ0v) is 21.1. The Labute approximate surface area is 221 Å². The van der Waals surface area contributed by atoms with Crippen molar-refractivity contribution in [3.8, 4) is 11.1 Å². The number of aromatic nitrogens is 1. The third-order valence-corrected chi connectivity index (χ3v) is 8.42. The van der Waals surface area contributed by atoms with Crippen molar-refractivity contribution < 1.29 is 19.4 Å². The molecule has 1 aliphatic carbocycles. The van der Waals surface area contributed by atoms with Crippen LogP contribution in [0.5, 0.6) is 0 Å². The fraction of sp³-hybridized carbons (Fsp3) is 0.312. The molecule has 1 aromatic heterocycles. The molecule has 192 valence electrons. The summed E-state index contributed by atoms with van der Waals surface area (Å²) in [6, 6.07) is 26.3. The van der Waals surface area contributed by atoms with E-state index in [1.807, 2.05) is 59.5 Å². The van der Waals surface area contributed by atoms with E-state index in [1.54, 1.807) is 6.20 Å². The number of hydrogen-bond donors (Lipinski definition) is 1. The number of hydrogen-bond acceptors (Lipinski definition) is 5. The number of morpholine rings is 1. The Morgan fingerprint density at radius 2 is 1.58 bits per heavy atom. The summed E-state index contributed by atoms with van der Waals surface area (Å²) in [6.07, 6.45) is 2.85. The summed E-state index contributed by atoms with van der Waals surface area (Å²) in [7, 11) is 0. The lowest BCUT2D eigenvalue weighted by molar-refractivity contribution is -0.132. The van der Waals surface area contributed by atoms with E-state index in [0.717, 1.165) is 16.5 Å². The maximum Gasteiger partial charge on any atom is 0.410 e. The van der Waals surface area contributed by atoms with Gasteiger partial charge in [0.25, 0.3) is 0 Å². The molecule has 1 amide bonds. The Balaban J connectivity index is 1.08. The monoisotopic (exact) mass is 506 g/mol. The smallest absolute Gasteiger partial charge is 0.410 e. The van der Waals surface area contributed by atoms with Crippen LogP contribution in [0, 0.1) is 0 Å². The average molecular weight is 507 g/mol. The number of carbonyl (C=O) groups is 1. The number of benzene rings is 3. The summed E-state index contributed by atoms with van der Waals surface area (Å²) in [5, 5.41) is 12.8. The Hall–Kier alpha value is -3.74. The van der Waals surface area contributed by atoms with Gasteiger partial charge in [-0.05, 0) is 46.7 Å². The highest BCUT2D eigenvalue weighted by molar-refractivity contribution is 5.82. The van der Waals surface area contributed by atoms with Gasteiger partial charge in [-0.1, -0.05) is 72.8 Å². The Kier molecular flexibility index (Phi) is 5.68. The number of amides is 1. The molecule has 2 fully saturated rings. The summed E-state index contributed by atoms with van der Waals surface area (Å²) in [5.74, 6) is 0.0167. The van der Waals surface area contributed by atoms with Crippen LogP contribution in [0.3, 0.4) is 0 Å². The molecule has 3 aromatic carbocycles. The zero-order valence-electron chi connectivity index (χ0n) is 21.1. The largest absolute Gasteiger partial charge is 0.448 e. The van der Waals surface area contributed by atoms with Crippen molar-refractivity contribution in [3.63, 3.8) is 0 Å². The first kappa shape index (κ1) is 23.4. The predicted molar refractivity (Wildman–Crippen MR) is 145 cm³/mol. The second-order valence-corrected chi connectivity index (χ2v) is 10.9. The van der Waals surface area contributed by atoms with Gasteiger partial charge in [0.1, 0.15) is 6.61 Å². The molecule has 0 saturated carbocycles. The van der Waals surface area contributed by atoms with Crippen LogP contribution in [0.1, 0.15) is 35.4 Å². The summed E-state index contributed by atoms with van der Waals surface area (Å²) in [5.41, 5.74) is 5.82. The van der Waals surface area contributed by atoms with Crippen LogP contribution in [-0.4, -0.2) is 58.6 Å². The predicted octanol–water partition coefficient (Wildman–Crippen LogP) is 5.32. The van der Waals surface area contributed by atoms with Crippen LogP contribution in [-0.2, 0) is 15.9 Å². The van der Waals surface area contributed by atoms with E-state index < -0.39 is 5.60 Å². The number of fused-ring (bicyclic) bond motifs is 6. The van der Waals surface area contributed by atoms with E-state index in [1.165, 1.54) is 22.3 Å². The van der Waals surface area contributed by atoms with Gasteiger partial charge in [-0.25, -0.2) is 4.79 Å². The number of rotatable bonds is 4. The van der Waals surface area contributed by atoms with Crippen molar-refractivity contribution in [3.05, 3.63) is 102 Å². The normalized spacial score (nSPS) is 24.2. The highest BCUT2D eigenvalue weighted by Gasteiger charge is 2.49. The molecule has 2 atom stereocenters. The first-order valence-corrected chi connectivity index (χ1v) is 13.4. The second-order valence-electron chi connectivity index (χ2n) is 10.9. The molecule has 2 saturated heterocycles. The molecule has 3 aliphatic rings. The number of aliphatic hydroxyl groups is 1. The van der Waals surface area contributed by atoms with Gasteiger partial charge in [0.05, 0.1) is 36.4 Å². The number of carbonyl (C=O) groups excluding carboxylic acids is 1. The van der Waals surface area contributed by atoms with Crippen LogP contribution >= 0.6 is 0 Å². The van der Waals surface area contributed by atoms with Crippen LogP contribution < -0.4 is 0 Å². The van der Waals surface area contributed by atoms with Gasteiger partial charge < -0.3 is 14.6 Å². The van der Waals surface area contributed by atoms with Gasteiger partial charge in [-0.2, -0.15) is 0 Å². The van der Waals surface area contributed by atoms with E-state index in [9.17, 15) is 9.90 Å². The van der Waals surface area contributed by atoms with Crippen molar-refractivity contribution in [2.24, 2.45) is 0 Å². The molecule has 6 heteroatoms. The maximum atomic E-state index is 13.5. The Bertz CT molecular complexity index is 1450. The molecule has 1 N–H and O–H groups in total. The number of para-hydroxylation sites is 1. The van der Waals surface area contributed by atoms with Crippen molar-refractivity contribution in [2.75, 3.05) is 19.8 Å². The third kappa shape index (κ3) is 3.96. The first-order valence-electron chi connectivity index (χ1n) is 13.4. The standard InChI is InChI=1S/C32H30N2O4/c35-31(38-20-29-27-12-3-1-10-25(27)26-11-2-4-13-28(26)29)34-23-16-32(36,17-24(34)19-37-18-23)15-22-8-5-7-21-9-6-14-33-30(21)22/h1-14,23-24,29,36H,15-20H2. The molecule has 38 heavy (non-hydrogen) atoms. The summed E-state index contributed by atoms with van der Waals surface area (Å²) >= 11 is 0. The second kappa shape index (κ2) is 9.22. The van der Waals surface area contributed by atoms with Crippen molar-refractivity contribution in [2.45, 2.75) is 42.9 Å². The van der Waals surface area contributed by atoms with Crippen LogP contribution in [0.2, 0.25) is 0 Å². The SMILES string of the molecule is O=C(OCC1c2ccccc2-c2ccccc21)N1C2COCC1CC(O)(Cc1cccc3cccnc13)C2. The molecular formula is C32H30N2O4. The molecule has 3 heterocycles. The van der Waals surface area contributed by atoms with Crippen LogP contribution in [0.4, 0.5) is 4.79 Å². The lowest BCUT2D eigenvalue weighted by atomic mass is 9.77. The Morgan fingerprint density at radius 3 is 2.29 bits per heavy atom. The van der Waals surface area contributed by atoms with Gasteiger partial charge in [0, 0.05) is 23.9 Å². The summed E-state index contributed by atoms with van der Waals surface area (Å²) in [6.45, 7) is 1.09. The first-order chi connectivity index (χ1) is 18.6. The molecule has 4 aromatic rings. The average Bonchev–Trinajstić information content (AvgIpc) is 3.25. The molecule has 2 bridgehead atoms. The maximum absolute atomic E-state index is 13.5. The van der Waals surface area contributed by atoms with E-state index >= 15 is 0 Å². The molecule has 7 rings (SSSR count). The minimum atomic E-state index is -0.939. The van der Waals surface area contributed by atoms with Crippen molar-refractivity contribution in [1.29, 1.82) is 0 Å². The molecule has 0 radical (unpaired) electrons. The Morgan fingerprint density at radius 1 is 0.921 bits per heavy atom. The lowest BCUT2D eigenvalue weighted by Gasteiger charge is -2.51. The van der Waals surface area contributed by atoms with E-state index in [-0.39, 0.29) is 30.7 Å². The zero-order chi connectivity index (χ0) is 25.7. The topological polar surface area (TPSA) is 71.9 Å².